The standard InChI is InChI=1S/C13H17F3N4OS/c1-7(2)19-4-5-20-8(6-19)12(21)18(3)9-10(13(14,15)16)22-17-11(9)20/h7-8H,4-6H2,1-3H3. The number of carbonyl (C=O) groups is 1. The van der Waals surface area contributed by atoms with Gasteiger partial charge in [0.2, 0.25) is 0 Å². The monoisotopic (exact) mass is 334 g/mol. The second kappa shape index (κ2) is 5.09. The van der Waals surface area contributed by atoms with E-state index in [-0.39, 0.29) is 17.4 Å². The number of alkyl halides is 3. The van der Waals surface area contributed by atoms with Gasteiger partial charge in [-0.1, -0.05) is 0 Å². The molecule has 0 aromatic carbocycles. The van der Waals surface area contributed by atoms with E-state index in [0.29, 0.717) is 37.2 Å². The number of carbonyl (C=O) groups excluding carboxylic acids is 1. The molecule has 1 fully saturated rings. The van der Waals surface area contributed by atoms with E-state index in [4.69, 9.17) is 0 Å². The molecule has 0 saturated carbocycles. The van der Waals surface area contributed by atoms with Crippen LogP contribution in [0.3, 0.4) is 0 Å². The lowest BCUT2D eigenvalue weighted by molar-refractivity contribution is -0.134. The number of piperazine rings is 1. The average molecular weight is 334 g/mol. The molecule has 1 atom stereocenters. The SMILES string of the molecule is CC(C)N1CCN2c3nsc(C(F)(F)F)c3N(C)C(=O)C2C1. The fraction of sp³-hybridized carbons (Fsp3) is 0.692. The Morgan fingerprint density at radius 1 is 1.32 bits per heavy atom. The van der Waals surface area contributed by atoms with Crippen LogP contribution in [-0.4, -0.2) is 53.9 Å². The van der Waals surface area contributed by atoms with Crippen molar-refractivity contribution in [2.75, 3.05) is 36.5 Å². The Bertz CT molecular complexity index is 601. The number of likely N-dealkylation sites (N-methyl/N-ethyl adjacent to an activating group) is 1. The summed E-state index contributed by atoms with van der Waals surface area (Å²) in [5, 5.41) is 0. The fourth-order valence-corrected chi connectivity index (χ4v) is 3.81. The number of fused-ring (bicyclic) bond motifs is 3. The Kier molecular flexibility index (Phi) is 3.59. The van der Waals surface area contributed by atoms with E-state index >= 15 is 0 Å². The van der Waals surface area contributed by atoms with Crippen LogP contribution in [0.1, 0.15) is 18.7 Å². The first kappa shape index (κ1) is 15.5. The highest BCUT2D eigenvalue weighted by molar-refractivity contribution is 7.07. The third kappa shape index (κ3) is 2.26. The van der Waals surface area contributed by atoms with E-state index in [9.17, 15) is 18.0 Å². The molecule has 1 saturated heterocycles. The summed E-state index contributed by atoms with van der Waals surface area (Å²) in [6.07, 6.45) is -4.49. The zero-order chi connectivity index (χ0) is 16.2. The van der Waals surface area contributed by atoms with E-state index in [2.05, 4.69) is 9.27 Å². The van der Waals surface area contributed by atoms with E-state index in [1.807, 2.05) is 13.8 Å². The van der Waals surface area contributed by atoms with Crippen LogP contribution in [-0.2, 0) is 11.0 Å². The molecule has 9 heteroatoms. The quantitative estimate of drug-likeness (QED) is 0.788. The molecular formula is C13H17F3N4OS. The molecule has 3 rings (SSSR count). The van der Waals surface area contributed by atoms with Gasteiger partial charge in [0.15, 0.2) is 10.7 Å². The molecule has 0 N–H and O–H groups in total. The molecule has 0 spiro atoms. The molecule has 2 aliphatic heterocycles. The minimum absolute atomic E-state index is 0.100. The van der Waals surface area contributed by atoms with Gasteiger partial charge in [-0.25, -0.2) is 0 Å². The van der Waals surface area contributed by atoms with E-state index in [1.54, 1.807) is 4.90 Å². The predicted molar refractivity (Wildman–Crippen MR) is 78.4 cm³/mol. The van der Waals surface area contributed by atoms with Crippen molar-refractivity contribution in [2.24, 2.45) is 0 Å². The summed E-state index contributed by atoms with van der Waals surface area (Å²) in [6.45, 7) is 5.82. The summed E-state index contributed by atoms with van der Waals surface area (Å²) in [5.41, 5.74) is -0.100. The molecule has 0 bridgehead atoms. The number of halogens is 3. The van der Waals surface area contributed by atoms with Crippen molar-refractivity contribution >= 4 is 28.9 Å². The van der Waals surface area contributed by atoms with Gasteiger partial charge in [-0.05, 0) is 25.4 Å². The number of hydrogen-bond donors (Lipinski definition) is 0. The number of aromatic nitrogens is 1. The molecule has 22 heavy (non-hydrogen) atoms. The van der Waals surface area contributed by atoms with Crippen LogP contribution in [0.25, 0.3) is 0 Å². The van der Waals surface area contributed by atoms with Crippen LogP contribution in [0.2, 0.25) is 0 Å². The molecular weight excluding hydrogens is 317 g/mol. The van der Waals surface area contributed by atoms with Gasteiger partial charge in [0.1, 0.15) is 11.7 Å². The van der Waals surface area contributed by atoms with Crippen molar-refractivity contribution in [1.29, 1.82) is 0 Å². The lowest BCUT2D eigenvalue weighted by Crippen LogP contribution is -2.63. The molecule has 1 aromatic heterocycles. The van der Waals surface area contributed by atoms with Crippen LogP contribution in [0.4, 0.5) is 24.7 Å². The van der Waals surface area contributed by atoms with Crippen molar-refractivity contribution in [3.8, 4) is 0 Å². The molecule has 5 nitrogen and oxygen atoms in total. The summed E-state index contributed by atoms with van der Waals surface area (Å²) in [7, 11) is 1.40. The van der Waals surface area contributed by atoms with Gasteiger partial charge >= 0.3 is 6.18 Å². The molecule has 1 unspecified atom stereocenters. The molecule has 0 radical (unpaired) electrons. The zero-order valence-electron chi connectivity index (χ0n) is 12.5. The minimum atomic E-state index is -4.49. The first-order valence-electron chi connectivity index (χ1n) is 7.07. The maximum atomic E-state index is 13.1. The van der Waals surface area contributed by atoms with Gasteiger partial charge in [0.25, 0.3) is 5.91 Å². The number of nitrogens with zero attached hydrogens (tertiary/aromatic N) is 4. The van der Waals surface area contributed by atoms with Crippen LogP contribution in [0.15, 0.2) is 0 Å². The number of hydrogen-bond acceptors (Lipinski definition) is 5. The van der Waals surface area contributed by atoms with Gasteiger partial charge in [-0.3, -0.25) is 9.69 Å². The normalized spacial score (nSPS) is 23.0. The van der Waals surface area contributed by atoms with Crippen LogP contribution < -0.4 is 9.80 Å². The van der Waals surface area contributed by atoms with E-state index in [1.165, 1.54) is 7.05 Å². The Morgan fingerprint density at radius 2 is 2.00 bits per heavy atom. The minimum Gasteiger partial charge on any atom is -0.339 e. The maximum absolute atomic E-state index is 13.1. The predicted octanol–water partition coefficient (Wildman–Crippen LogP) is 2.04. The molecule has 1 amide bonds. The number of rotatable bonds is 1. The third-order valence-electron chi connectivity index (χ3n) is 4.27. The van der Waals surface area contributed by atoms with E-state index < -0.39 is 17.1 Å². The van der Waals surface area contributed by atoms with Gasteiger partial charge in [0, 0.05) is 32.7 Å². The van der Waals surface area contributed by atoms with Gasteiger partial charge < -0.3 is 9.80 Å². The van der Waals surface area contributed by atoms with Crippen molar-refractivity contribution in [3.05, 3.63) is 4.88 Å². The lowest BCUT2D eigenvalue weighted by atomic mass is 10.0. The largest absolute Gasteiger partial charge is 0.429 e. The summed E-state index contributed by atoms with van der Waals surface area (Å²) < 4.78 is 43.3. The highest BCUT2D eigenvalue weighted by Crippen LogP contribution is 2.47. The molecule has 122 valence electrons. The Morgan fingerprint density at radius 3 is 2.59 bits per heavy atom. The summed E-state index contributed by atoms with van der Waals surface area (Å²) >= 11 is 0.417. The van der Waals surface area contributed by atoms with Crippen molar-refractivity contribution < 1.29 is 18.0 Å². The van der Waals surface area contributed by atoms with Crippen LogP contribution in [0.5, 0.6) is 0 Å². The molecule has 3 heterocycles. The second-order valence-corrected chi connectivity index (χ2v) is 6.65. The third-order valence-corrected chi connectivity index (χ3v) is 5.14. The van der Waals surface area contributed by atoms with Crippen molar-refractivity contribution in [1.82, 2.24) is 9.27 Å². The van der Waals surface area contributed by atoms with Crippen molar-refractivity contribution in [2.45, 2.75) is 32.1 Å². The fourth-order valence-electron chi connectivity index (χ4n) is 3.03. The summed E-state index contributed by atoms with van der Waals surface area (Å²) in [4.78, 5) is 16.7. The average Bonchev–Trinajstić information content (AvgIpc) is 2.89. The molecule has 1 aromatic rings. The Hall–Kier alpha value is -1.35. The van der Waals surface area contributed by atoms with Crippen LogP contribution in [0, 0.1) is 0 Å². The zero-order valence-corrected chi connectivity index (χ0v) is 13.3. The highest BCUT2D eigenvalue weighted by Gasteiger charge is 2.48. The van der Waals surface area contributed by atoms with Gasteiger partial charge in [-0.15, -0.1) is 0 Å². The van der Waals surface area contributed by atoms with Crippen LogP contribution >= 0.6 is 11.5 Å². The summed E-state index contributed by atoms with van der Waals surface area (Å²) in [6, 6.07) is -0.167. The first-order chi connectivity index (χ1) is 10.2. The molecule has 0 aliphatic carbocycles. The lowest BCUT2D eigenvalue weighted by Gasteiger charge is -2.46. The topological polar surface area (TPSA) is 39.7 Å². The summed E-state index contributed by atoms with van der Waals surface area (Å²) in [5.74, 6) is -0.0172. The van der Waals surface area contributed by atoms with Gasteiger partial charge in [-0.2, -0.15) is 17.5 Å². The second-order valence-electron chi connectivity index (χ2n) is 5.88. The Labute approximate surface area is 130 Å². The number of anilines is 2. The number of amides is 1. The first-order valence-corrected chi connectivity index (χ1v) is 7.84. The maximum Gasteiger partial charge on any atom is 0.429 e. The van der Waals surface area contributed by atoms with Crippen molar-refractivity contribution in [3.63, 3.8) is 0 Å². The van der Waals surface area contributed by atoms with E-state index in [0.717, 1.165) is 4.90 Å². The Balaban J connectivity index is 2.01. The molecule has 2 aliphatic rings. The highest BCUT2D eigenvalue weighted by atomic mass is 32.1. The smallest absolute Gasteiger partial charge is 0.339 e. The van der Waals surface area contributed by atoms with Gasteiger partial charge in [0.05, 0.1) is 0 Å².